The predicted molar refractivity (Wildman–Crippen MR) is 118 cm³/mol. The molecule has 1 aromatic carbocycles. The molecule has 170 valence electrons. The SMILES string of the molecule is CC1(NC(=O)OCc2ccccc2)CN(C(=O)c2cc(NC(=O)OC(C)(C)C)ccn2)C1. The standard InChI is InChI=1S/C23H28N4O5/c1-22(2,3)32-20(29)25-17-10-11-24-18(12-17)19(28)27-14-23(4,15-27)26-21(30)31-13-16-8-6-5-7-9-16/h5-12H,13-15H2,1-4H3,(H,26,30)(H,24,25,29). The maximum Gasteiger partial charge on any atom is 0.412 e. The van der Waals surface area contributed by atoms with Crippen molar-refractivity contribution in [3.63, 3.8) is 0 Å². The molecular weight excluding hydrogens is 412 g/mol. The number of carbonyl (C=O) groups excluding carboxylic acids is 3. The number of nitrogens with one attached hydrogen (secondary N) is 2. The van der Waals surface area contributed by atoms with Gasteiger partial charge in [0.2, 0.25) is 0 Å². The smallest absolute Gasteiger partial charge is 0.412 e. The molecule has 9 nitrogen and oxygen atoms in total. The lowest BCUT2D eigenvalue weighted by atomic mass is 9.92. The van der Waals surface area contributed by atoms with Crippen LogP contribution < -0.4 is 10.6 Å². The number of amides is 3. The second-order valence-corrected chi connectivity index (χ2v) is 8.97. The van der Waals surface area contributed by atoms with Gasteiger partial charge in [0.15, 0.2) is 0 Å². The van der Waals surface area contributed by atoms with Gasteiger partial charge in [-0.25, -0.2) is 9.59 Å². The second kappa shape index (κ2) is 9.25. The van der Waals surface area contributed by atoms with Crippen LogP contribution in [0.15, 0.2) is 48.7 Å². The van der Waals surface area contributed by atoms with Gasteiger partial charge >= 0.3 is 12.2 Å². The fourth-order valence-corrected chi connectivity index (χ4v) is 3.23. The van der Waals surface area contributed by atoms with Crippen LogP contribution >= 0.6 is 0 Å². The molecule has 9 heteroatoms. The van der Waals surface area contributed by atoms with Gasteiger partial charge in [-0.3, -0.25) is 15.1 Å². The van der Waals surface area contributed by atoms with Crippen molar-refractivity contribution < 1.29 is 23.9 Å². The van der Waals surface area contributed by atoms with Crippen LogP contribution in [0.2, 0.25) is 0 Å². The minimum absolute atomic E-state index is 0.173. The molecule has 32 heavy (non-hydrogen) atoms. The third-order valence-electron chi connectivity index (χ3n) is 4.61. The summed E-state index contributed by atoms with van der Waals surface area (Å²) in [6, 6.07) is 12.4. The molecule has 2 heterocycles. The lowest BCUT2D eigenvalue weighted by molar-refractivity contribution is 0.0315. The molecule has 2 N–H and O–H groups in total. The van der Waals surface area contributed by atoms with E-state index in [1.165, 1.54) is 12.3 Å². The van der Waals surface area contributed by atoms with Gasteiger partial charge in [0.25, 0.3) is 5.91 Å². The summed E-state index contributed by atoms with van der Waals surface area (Å²) < 4.78 is 10.5. The Hall–Kier alpha value is -3.62. The van der Waals surface area contributed by atoms with E-state index >= 15 is 0 Å². The summed E-state index contributed by atoms with van der Waals surface area (Å²) in [6.07, 6.45) is 0.292. The van der Waals surface area contributed by atoms with Gasteiger partial charge in [0, 0.05) is 25.0 Å². The summed E-state index contributed by atoms with van der Waals surface area (Å²) >= 11 is 0. The van der Waals surface area contributed by atoms with E-state index < -0.39 is 23.3 Å². The Balaban J connectivity index is 1.50. The zero-order chi connectivity index (χ0) is 23.4. The summed E-state index contributed by atoms with van der Waals surface area (Å²) in [5.74, 6) is -0.297. The number of nitrogens with zero attached hydrogens (tertiary/aromatic N) is 2. The number of hydrogen-bond acceptors (Lipinski definition) is 6. The molecule has 0 saturated carbocycles. The zero-order valence-electron chi connectivity index (χ0n) is 18.7. The number of aromatic nitrogens is 1. The lowest BCUT2D eigenvalue weighted by Crippen LogP contribution is -2.69. The minimum Gasteiger partial charge on any atom is -0.445 e. The molecular formula is C23H28N4O5. The molecule has 3 rings (SSSR count). The molecule has 1 fully saturated rings. The Morgan fingerprint density at radius 2 is 1.78 bits per heavy atom. The van der Waals surface area contributed by atoms with Crippen LogP contribution in [0.1, 0.15) is 43.7 Å². The number of likely N-dealkylation sites (tertiary alicyclic amines) is 1. The van der Waals surface area contributed by atoms with Crippen LogP contribution in [0.3, 0.4) is 0 Å². The molecule has 3 amide bonds. The van der Waals surface area contributed by atoms with Crippen molar-refractivity contribution in [2.75, 3.05) is 18.4 Å². The highest BCUT2D eigenvalue weighted by atomic mass is 16.6. The molecule has 0 aliphatic carbocycles. The van der Waals surface area contributed by atoms with Gasteiger partial charge in [-0.1, -0.05) is 30.3 Å². The first-order valence-corrected chi connectivity index (χ1v) is 10.3. The molecule has 0 radical (unpaired) electrons. The van der Waals surface area contributed by atoms with E-state index in [0.29, 0.717) is 18.8 Å². The molecule has 0 unspecified atom stereocenters. The Morgan fingerprint density at radius 3 is 2.44 bits per heavy atom. The molecule has 2 aromatic rings. The van der Waals surface area contributed by atoms with Crippen molar-refractivity contribution in [2.45, 2.75) is 45.4 Å². The maximum atomic E-state index is 12.8. The average Bonchev–Trinajstić information content (AvgIpc) is 2.69. The summed E-state index contributed by atoms with van der Waals surface area (Å²) in [4.78, 5) is 42.5. The van der Waals surface area contributed by atoms with Crippen molar-refractivity contribution in [3.05, 3.63) is 59.9 Å². The van der Waals surface area contributed by atoms with Gasteiger partial charge in [0.05, 0.1) is 5.54 Å². The highest BCUT2D eigenvalue weighted by molar-refractivity contribution is 5.95. The second-order valence-electron chi connectivity index (χ2n) is 8.97. The fourth-order valence-electron chi connectivity index (χ4n) is 3.23. The Bertz CT molecular complexity index is 981. The molecule has 1 saturated heterocycles. The van der Waals surface area contributed by atoms with E-state index in [2.05, 4.69) is 15.6 Å². The van der Waals surface area contributed by atoms with Crippen molar-refractivity contribution in [3.8, 4) is 0 Å². The van der Waals surface area contributed by atoms with E-state index in [0.717, 1.165) is 5.56 Å². The van der Waals surface area contributed by atoms with E-state index in [-0.39, 0.29) is 18.2 Å². The van der Waals surface area contributed by atoms with E-state index in [9.17, 15) is 14.4 Å². The molecule has 1 aliphatic heterocycles. The first kappa shape index (κ1) is 23.1. The summed E-state index contributed by atoms with van der Waals surface area (Å²) in [5, 5.41) is 5.40. The highest BCUT2D eigenvalue weighted by Gasteiger charge is 2.43. The lowest BCUT2D eigenvalue weighted by Gasteiger charge is -2.47. The quantitative estimate of drug-likeness (QED) is 0.736. The number of rotatable bonds is 5. The number of anilines is 1. The Labute approximate surface area is 187 Å². The molecule has 0 spiro atoms. The van der Waals surface area contributed by atoms with Crippen molar-refractivity contribution in [1.29, 1.82) is 0 Å². The zero-order valence-corrected chi connectivity index (χ0v) is 18.7. The summed E-state index contributed by atoms with van der Waals surface area (Å²) in [5.41, 5.74) is 0.267. The van der Waals surface area contributed by atoms with Crippen LogP contribution in [-0.4, -0.2) is 52.2 Å². The first-order chi connectivity index (χ1) is 15.0. The van der Waals surface area contributed by atoms with Crippen molar-refractivity contribution in [1.82, 2.24) is 15.2 Å². The third-order valence-corrected chi connectivity index (χ3v) is 4.61. The fraction of sp³-hybridized carbons (Fsp3) is 0.391. The van der Waals surface area contributed by atoms with E-state index in [4.69, 9.17) is 9.47 Å². The Kier molecular flexibility index (Phi) is 6.67. The predicted octanol–water partition coefficient (Wildman–Crippen LogP) is 3.57. The minimum atomic E-state index is -0.632. The number of benzene rings is 1. The summed E-state index contributed by atoms with van der Waals surface area (Å²) in [7, 11) is 0. The molecule has 0 atom stereocenters. The van der Waals surface area contributed by atoms with E-state index in [1.807, 2.05) is 37.3 Å². The number of pyridine rings is 1. The monoisotopic (exact) mass is 440 g/mol. The van der Waals surface area contributed by atoms with Crippen LogP contribution in [0.25, 0.3) is 0 Å². The molecule has 1 aliphatic rings. The van der Waals surface area contributed by atoms with Crippen LogP contribution in [0.4, 0.5) is 15.3 Å². The highest BCUT2D eigenvalue weighted by Crippen LogP contribution is 2.23. The number of alkyl carbamates (subject to hydrolysis) is 1. The number of ether oxygens (including phenoxy) is 2. The van der Waals surface area contributed by atoms with Gasteiger partial charge in [-0.2, -0.15) is 0 Å². The topological polar surface area (TPSA) is 110 Å². The van der Waals surface area contributed by atoms with Crippen molar-refractivity contribution in [2.24, 2.45) is 0 Å². The van der Waals surface area contributed by atoms with E-state index in [1.54, 1.807) is 31.7 Å². The van der Waals surface area contributed by atoms with Crippen LogP contribution in [0.5, 0.6) is 0 Å². The van der Waals surface area contributed by atoms with Crippen molar-refractivity contribution >= 4 is 23.8 Å². The molecule has 0 bridgehead atoms. The van der Waals surface area contributed by atoms with Gasteiger partial charge in [0.1, 0.15) is 17.9 Å². The van der Waals surface area contributed by atoms with Gasteiger partial charge < -0.3 is 19.7 Å². The van der Waals surface area contributed by atoms with Gasteiger partial charge in [-0.15, -0.1) is 0 Å². The van der Waals surface area contributed by atoms with Gasteiger partial charge in [-0.05, 0) is 45.4 Å². The molecule has 1 aromatic heterocycles. The Morgan fingerprint density at radius 1 is 1.09 bits per heavy atom. The first-order valence-electron chi connectivity index (χ1n) is 10.3. The number of carbonyl (C=O) groups is 3. The maximum absolute atomic E-state index is 12.8. The van der Waals surface area contributed by atoms with Crippen LogP contribution in [0, 0.1) is 0 Å². The third kappa shape index (κ3) is 6.44. The van der Waals surface area contributed by atoms with Crippen LogP contribution in [-0.2, 0) is 16.1 Å². The largest absolute Gasteiger partial charge is 0.445 e. The summed E-state index contributed by atoms with van der Waals surface area (Å²) in [6.45, 7) is 7.94. The number of hydrogen-bond donors (Lipinski definition) is 2. The average molecular weight is 441 g/mol. The normalized spacial score (nSPS) is 14.7.